The van der Waals surface area contributed by atoms with E-state index in [4.69, 9.17) is 4.74 Å². The van der Waals surface area contributed by atoms with Gasteiger partial charge < -0.3 is 15.2 Å². The second kappa shape index (κ2) is 6.11. The second-order valence-electron chi connectivity index (χ2n) is 3.96. The van der Waals surface area contributed by atoms with Crippen LogP contribution in [0.2, 0.25) is 0 Å². The van der Waals surface area contributed by atoms with E-state index in [1.807, 2.05) is 6.07 Å². The Morgan fingerprint density at radius 2 is 2.31 bits per heavy atom. The first kappa shape index (κ1) is 13.3. The Morgan fingerprint density at radius 1 is 1.50 bits per heavy atom. The third kappa shape index (κ3) is 3.12. The van der Waals surface area contributed by atoms with Crippen molar-refractivity contribution in [3.05, 3.63) is 23.8 Å². The molecule has 1 aliphatic rings. The van der Waals surface area contributed by atoms with Gasteiger partial charge in [0, 0.05) is 12.1 Å². The number of nitrogens with one attached hydrogen (secondary N) is 1. The largest absolute Gasteiger partial charge is 0.508 e. The third-order valence-electron chi connectivity index (χ3n) is 2.64. The van der Waals surface area contributed by atoms with Crippen molar-refractivity contribution >= 4 is 17.0 Å². The van der Waals surface area contributed by atoms with Gasteiger partial charge in [-0.25, -0.2) is 0 Å². The van der Waals surface area contributed by atoms with E-state index in [1.54, 1.807) is 12.1 Å². The zero-order chi connectivity index (χ0) is 10.7. The van der Waals surface area contributed by atoms with Crippen LogP contribution in [0.1, 0.15) is 18.9 Å². The number of fused-ring (bicyclic) bond motifs is 1. The number of phenols is 1. The summed E-state index contributed by atoms with van der Waals surface area (Å²) in [6, 6.07) is 5.74. The topological polar surface area (TPSA) is 41.5 Å². The molecule has 1 aromatic carbocycles. The van der Waals surface area contributed by atoms with Crippen LogP contribution in [-0.2, 0) is 6.42 Å². The first-order valence-corrected chi connectivity index (χ1v) is 5.47. The van der Waals surface area contributed by atoms with Crippen molar-refractivity contribution < 1.29 is 9.84 Å². The number of rotatable bonds is 3. The van der Waals surface area contributed by atoms with Gasteiger partial charge in [-0.1, -0.05) is 13.0 Å². The average Bonchev–Trinajstić information content (AvgIpc) is 2.26. The van der Waals surface area contributed by atoms with Gasteiger partial charge in [0.15, 0.2) is 0 Å². The molecule has 1 heterocycles. The van der Waals surface area contributed by atoms with Gasteiger partial charge in [0.1, 0.15) is 18.1 Å². The normalized spacial score (nSPS) is 18.2. The van der Waals surface area contributed by atoms with E-state index in [0.717, 1.165) is 25.1 Å². The molecule has 1 aliphatic heterocycles. The highest BCUT2D eigenvalue weighted by molar-refractivity contribution is 8.93. The lowest BCUT2D eigenvalue weighted by atomic mass is 10.0. The summed E-state index contributed by atoms with van der Waals surface area (Å²) in [6.45, 7) is 3.88. The minimum Gasteiger partial charge on any atom is -0.508 e. The molecule has 0 amide bonds. The fourth-order valence-electron chi connectivity index (χ4n) is 1.84. The lowest BCUT2D eigenvalue weighted by Gasteiger charge is -2.26. The van der Waals surface area contributed by atoms with E-state index < -0.39 is 0 Å². The molecule has 16 heavy (non-hydrogen) atoms. The Bertz CT molecular complexity index is 344. The summed E-state index contributed by atoms with van der Waals surface area (Å²) in [5, 5.41) is 12.7. The van der Waals surface area contributed by atoms with Crippen molar-refractivity contribution in [2.45, 2.75) is 25.8 Å². The maximum absolute atomic E-state index is 9.30. The van der Waals surface area contributed by atoms with Crippen LogP contribution < -0.4 is 10.1 Å². The van der Waals surface area contributed by atoms with E-state index in [9.17, 15) is 5.11 Å². The highest BCUT2D eigenvalue weighted by Gasteiger charge is 2.19. The lowest BCUT2D eigenvalue weighted by Crippen LogP contribution is -2.39. The minimum atomic E-state index is 0. The molecule has 0 fully saturated rings. The van der Waals surface area contributed by atoms with Gasteiger partial charge in [0.2, 0.25) is 0 Å². The predicted octanol–water partition coefficient (Wildman–Crippen LogP) is 2.27. The summed E-state index contributed by atoms with van der Waals surface area (Å²) >= 11 is 0. The summed E-state index contributed by atoms with van der Waals surface area (Å²) in [5.74, 6) is 1.10. The summed E-state index contributed by atoms with van der Waals surface area (Å²) in [4.78, 5) is 0. The molecule has 0 bridgehead atoms. The summed E-state index contributed by atoms with van der Waals surface area (Å²) < 4.78 is 5.59. The van der Waals surface area contributed by atoms with Crippen molar-refractivity contribution in [2.24, 2.45) is 0 Å². The van der Waals surface area contributed by atoms with Crippen LogP contribution in [0.25, 0.3) is 0 Å². The van der Waals surface area contributed by atoms with Crippen LogP contribution in [0, 0.1) is 0 Å². The second-order valence-corrected chi connectivity index (χ2v) is 3.96. The summed E-state index contributed by atoms with van der Waals surface area (Å²) in [5.41, 5.74) is 1.17. The van der Waals surface area contributed by atoms with E-state index >= 15 is 0 Å². The molecule has 0 saturated heterocycles. The molecule has 1 aromatic rings. The number of benzene rings is 1. The first-order valence-electron chi connectivity index (χ1n) is 5.47. The molecule has 1 atom stereocenters. The first-order chi connectivity index (χ1) is 7.29. The maximum atomic E-state index is 9.30. The number of halogens is 1. The zero-order valence-electron chi connectivity index (χ0n) is 9.40. The Labute approximate surface area is 107 Å². The SMILES string of the molecule is Br.CCCNC1COc2cc(O)ccc2C1. The summed E-state index contributed by atoms with van der Waals surface area (Å²) in [7, 11) is 0. The smallest absolute Gasteiger partial charge is 0.126 e. The van der Waals surface area contributed by atoms with Crippen LogP contribution in [0.5, 0.6) is 11.5 Å². The number of ether oxygens (including phenoxy) is 1. The summed E-state index contributed by atoms with van der Waals surface area (Å²) in [6.07, 6.45) is 2.12. The molecule has 0 radical (unpaired) electrons. The van der Waals surface area contributed by atoms with E-state index in [1.165, 1.54) is 5.56 Å². The standard InChI is InChI=1S/C12H17NO2.BrH/c1-2-5-13-10-6-9-3-4-11(14)7-12(9)15-8-10;/h3-4,7,10,13-14H,2,5-6,8H2,1H3;1H. The Morgan fingerprint density at radius 3 is 3.06 bits per heavy atom. The number of hydrogen-bond acceptors (Lipinski definition) is 3. The van der Waals surface area contributed by atoms with Gasteiger partial charge in [0.25, 0.3) is 0 Å². The molecule has 1 unspecified atom stereocenters. The van der Waals surface area contributed by atoms with Crippen LogP contribution in [0.4, 0.5) is 0 Å². The molecular formula is C12H18BrNO2. The molecule has 90 valence electrons. The number of aromatic hydroxyl groups is 1. The number of phenolic OH excluding ortho intramolecular Hbond substituents is 1. The predicted molar refractivity (Wildman–Crippen MR) is 69.7 cm³/mol. The molecule has 0 spiro atoms. The van der Waals surface area contributed by atoms with Crippen LogP contribution in [0.15, 0.2) is 18.2 Å². The molecule has 3 nitrogen and oxygen atoms in total. The monoisotopic (exact) mass is 287 g/mol. The van der Waals surface area contributed by atoms with Gasteiger partial charge in [-0.3, -0.25) is 0 Å². The maximum Gasteiger partial charge on any atom is 0.126 e. The third-order valence-corrected chi connectivity index (χ3v) is 2.64. The molecule has 0 saturated carbocycles. The Kier molecular flexibility index (Phi) is 5.09. The van der Waals surface area contributed by atoms with Crippen molar-refractivity contribution in [3.63, 3.8) is 0 Å². The lowest BCUT2D eigenvalue weighted by molar-refractivity contribution is 0.238. The van der Waals surface area contributed by atoms with Crippen molar-refractivity contribution in [1.82, 2.24) is 5.32 Å². The quantitative estimate of drug-likeness (QED) is 0.896. The Balaban J connectivity index is 0.00000128. The van der Waals surface area contributed by atoms with Gasteiger partial charge in [-0.2, -0.15) is 0 Å². The van der Waals surface area contributed by atoms with Crippen LogP contribution >= 0.6 is 17.0 Å². The molecule has 0 aliphatic carbocycles. The van der Waals surface area contributed by atoms with Crippen LogP contribution in [-0.4, -0.2) is 24.3 Å². The molecule has 2 rings (SSSR count). The van der Waals surface area contributed by atoms with E-state index in [0.29, 0.717) is 12.6 Å². The fourth-order valence-corrected chi connectivity index (χ4v) is 1.84. The van der Waals surface area contributed by atoms with Gasteiger partial charge in [-0.05, 0) is 31.0 Å². The minimum absolute atomic E-state index is 0. The zero-order valence-corrected chi connectivity index (χ0v) is 11.1. The molecule has 0 aromatic heterocycles. The Hall–Kier alpha value is -0.740. The molecular weight excluding hydrogens is 270 g/mol. The van der Waals surface area contributed by atoms with Crippen molar-refractivity contribution in [1.29, 1.82) is 0 Å². The van der Waals surface area contributed by atoms with Crippen molar-refractivity contribution in [2.75, 3.05) is 13.2 Å². The van der Waals surface area contributed by atoms with E-state index in [-0.39, 0.29) is 22.7 Å². The van der Waals surface area contributed by atoms with Crippen LogP contribution in [0.3, 0.4) is 0 Å². The highest BCUT2D eigenvalue weighted by Crippen LogP contribution is 2.28. The highest BCUT2D eigenvalue weighted by atomic mass is 79.9. The molecule has 4 heteroatoms. The molecule has 2 N–H and O–H groups in total. The van der Waals surface area contributed by atoms with E-state index in [2.05, 4.69) is 12.2 Å². The van der Waals surface area contributed by atoms with Gasteiger partial charge >= 0.3 is 0 Å². The number of hydrogen-bond donors (Lipinski definition) is 2. The fraction of sp³-hybridized carbons (Fsp3) is 0.500. The van der Waals surface area contributed by atoms with Gasteiger partial charge in [0.05, 0.1) is 0 Å². The van der Waals surface area contributed by atoms with Gasteiger partial charge in [-0.15, -0.1) is 17.0 Å². The van der Waals surface area contributed by atoms with Crippen molar-refractivity contribution in [3.8, 4) is 11.5 Å². The average molecular weight is 288 g/mol.